The number of amides is 1. The van der Waals surface area contributed by atoms with Gasteiger partial charge in [-0.15, -0.1) is 0 Å². The molecule has 6 rings (SSSR count). The molecular weight excluding hydrogens is 611 g/mol. The molecule has 1 saturated heterocycles. The molecule has 1 atom stereocenters. The number of hydrogen-bond acceptors (Lipinski definition) is 6. The van der Waals surface area contributed by atoms with Crippen LogP contribution in [0.3, 0.4) is 0 Å². The first kappa shape index (κ1) is 31.4. The lowest BCUT2D eigenvalue weighted by molar-refractivity contribution is -0.123. The number of methoxy groups -OCH3 is 1. The number of carbonyl (C=O) groups is 3. The van der Waals surface area contributed by atoms with Gasteiger partial charge in [0.15, 0.2) is 11.6 Å². The van der Waals surface area contributed by atoms with E-state index in [1.54, 1.807) is 37.1 Å². The van der Waals surface area contributed by atoms with Gasteiger partial charge in [-0.05, 0) is 73.2 Å². The van der Waals surface area contributed by atoms with Gasteiger partial charge in [0.1, 0.15) is 11.7 Å². The molecule has 1 N–H and O–H groups in total. The summed E-state index contributed by atoms with van der Waals surface area (Å²) in [5.41, 5.74) is 4.43. The van der Waals surface area contributed by atoms with E-state index in [0.717, 1.165) is 42.7 Å². The van der Waals surface area contributed by atoms with Crippen LogP contribution in [-0.2, 0) is 22.4 Å². The number of aromatic nitrogens is 2. The molecule has 1 unspecified atom stereocenters. The molecule has 1 amide bonds. The van der Waals surface area contributed by atoms with E-state index >= 15 is 0 Å². The second-order valence-electron chi connectivity index (χ2n) is 11.7. The van der Waals surface area contributed by atoms with Gasteiger partial charge in [0.25, 0.3) is 5.91 Å². The molecule has 9 nitrogen and oxygen atoms in total. The van der Waals surface area contributed by atoms with Crippen molar-refractivity contribution in [3.8, 4) is 5.69 Å². The molecule has 238 valence electrons. The summed E-state index contributed by atoms with van der Waals surface area (Å²) >= 11 is 6.02. The van der Waals surface area contributed by atoms with Gasteiger partial charge in [0.2, 0.25) is 0 Å². The van der Waals surface area contributed by atoms with Crippen molar-refractivity contribution in [2.45, 2.75) is 44.8 Å². The summed E-state index contributed by atoms with van der Waals surface area (Å²) in [6.45, 7) is 3.62. The number of benzene rings is 3. The Morgan fingerprint density at radius 1 is 1.00 bits per heavy atom. The molecule has 11 heteroatoms. The van der Waals surface area contributed by atoms with E-state index in [9.17, 15) is 23.9 Å². The highest BCUT2D eigenvalue weighted by Crippen LogP contribution is 2.39. The van der Waals surface area contributed by atoms with Crippen LogP contribution >= 0.6 is 11.6 Å². The van der Waals surface area contributed by atoms with Crippen molar-refractivity contribution < 1.29 is 28.6 Å². The quantitative estimate of drug-likeness (QED) is 0.257. The number of fused-ring (bicyclic) bond motifs is 1. The molecular formula is C35H34ClFN4O5. The number of piperidine rings is 1. The average molecular weight is 645 g/mol. The Morgan fingerprint density at radius 2 is 1.70 bits per heavy atom. The zero-order valence-electron chi connectivity index (χ0n) is 25.6. The van der Waals surface area contributed by atoms with Gasteiger partial charge in [-0.3, -0.25) is 9.59 Å². The minimum atomic E-state index is -1.05. The number of rotatable bonds is 8. The van der Waals surface area contributed by atoms with Crippen LogP contribution in [0.1, 0.15) is 62.0 Å². The summed E-state index contributed by atoms with van der Waals surface area (Å²) in [5, 5.41) is 13.6. The van der Waals surface area contributed by atoms with Crippen LogP contribution in [0.4, 0.5) is 10.1 Å². The Morgan fingerprint density at radius 3 is 2.39 bits per heavy atom. The third-order valence-corrected chi connectivity index (χ3v) is 9.35. The standard InChI is InChI=1S/C35H34ClFN4O5/c1-21-27(20-38-41(21)30-8-4-6-28(36)32(30)37)34(43)40-18-15-25-26(5-3-7-29(25)39-16-13-24(46-2)14-17-39)33(40)31(42)19-22-9-11-23(12-10-22)35(44)45/h3-12,20,24,33H,13-19H2,1-2H3,(H,44,45). The van der Waals surface area contributed by atoms with E-state index in [1.807, 2.05) is 12.1 Å². The van der Waals surface area contributed by atoms with Gasteiger partial charge < -0.3 is 19.6 Å². The summed E-state index contributed by atoms with van der Waals surface area (Å²) < 4.78 is 21.8. The van der Waals surface area contributed by atoms with Gasteiger partial charge in [0.05, 0.1) is 34.1 Å². The largest absolute Gasteiger partial charge is 0.478 e. The monoisotopic (exact) mass is 644 g/mol. The van der Waals surface area contributed by atoms with E-state index < -0.39 is 17.8 Å². The maximum Gasteiger partial charge on any atom is 0.335 e. The van der Waals surface area contributed by atoms with Crippen LogP contribution in [0.15, 0.2) is 66.9 Å². The van der Waals surface area contributed by atoms with Crippen LogP contribution in [0, 0.1) is 12.7 Å². The zero-order chi connectivity index (χ0) is 32.5. The Labute approximate surface area is 271 Å². The Balaban J connectivity index is 1.37. The van der Waals surface area contributed by atoms with Crippen molar-refractivity contribution in [1.29, 1.82) is 0 Å². The Kier molecular flexibility index (Phi) is 8.93. The highest BCUT2D eigenvalue weighted by Gasteiger charge is 2.39. The number of carbonyl (C=O) groups excluding carboxylic acids is 2. The Bertz CT molecular complexity index is 1800. The predicted molar refractivity (Wildman–Crippen MR) is 172 cm³/mol. The smallest absolute Gasteiger partial charge is 0.335 e. The van der Waals surface area contributed by atoms with Crippen molar-refractivity contribution in [2.75, 3.05) is 31.6 Å². The molecule has 3 aromatic carbocycles. The number of Topliss-reactive ketones (excluding diaryl/α,β-unsaturated/α-hetero) is 1. The second kappa shape index (κ2) is 13.1. The lowest BCUT2D eigenvalue weighted by Crippen LogP contribution is -2.45. The predicted octanol–water partition coefficient (Wildman–Crippen LogP) is 5.84. The molecule has 46 heavy (non-hydrogen) atoms. The van der Waals surface area contributed by atoms with Gasteiger partial charge >= 0.3 is 5.97 Å². The van der Waals surface area contributed by atoms with Crippen molar-refractivity contribution in [1.82, 2.24) is 14.7 Å². The second-order valence-corrected chi connectivity index (χ2v) is 12.1. The molecule has 0 radical (unpaired) electrons. The van der Waals surface area contributed by atoms with Gasteiger partial charge in [-0.25, -0.2) is 13.9 Å². The van der Waals surface area contributed by atoms with Crippen molar-refractivity contribution in [2.24, 2.45) is 0 Å². The number of aromatic carboxylic acids is 1. The molecule has 2 aliphatic heterocycles. The first-order chi connectivity index (χ1) is 22.2. The topological polar surface area (TPSA) is 105 Å². The number of halogens is 2. The van der Waals surface area contributed by atoms with Crippen LogP contribution in [-0.4, -0.2) is 70.3 Å². The van der Waals surface area contributed by atoms with E-state index in [2.05, 4.69) is 16.1 Å². The number of ether oxygens (including phenoxy) is 1. The van der Waals surface area contributed by atoms with Crippen molar-refractivity contribution in [3.05, 3.63) is 111 Å². The zero-order valence-corrected chi connectivity index (χ0v) is 26.3. The molecule has 1 aromatic heterocycles. The fourth-order valence-corrected chi connectivity index (χ4v) is 6.75. The highest BCUT2D eigenvalue weighted by molar-refractivity contribution is 6.30. The van der Waals surface area contributed by atoms with E-state index in [4.69, 9.17) is 16.3 Å². The number of hydrogen-bond donors (Lipinski definition) is 1. The number of anilines is 1. The molecule has 2 aliphatic rings. The van der Waals surface area contributed by atoms with Crippen molar-refractivity contribution in [3.63, 3.8) is 0 Å². The lowest BCUT2D eigenvalue weighted by Gasteiger charge is -2.40. The van der Waals surface area contributed by atoms with Crippen LogP contribution < -0.4 is 4.90 Å². The average Bonchev–Trinajstić information content (AvgIpc) is 3.45. The van der Waals surface area contributed by atoms with E-state index in [-0.39, 0.29) is 46.1 Å². The third-order valence-electron chi connectivity index (χ3n) is 9.06. The molecule has 0 spiro atoms. The fourth-order valence-electron chi connectivity index (χ4n) is 6.58. The lowest BCUT2D eigenvalue weighted by atomic mass is 9.86. The third kappa shape index (κ3) is 5.90. The molecule has 1 fully saturated rings. The number of nitrogens with zero attached hydrogens (tertiary/aromatic N) is 4. The highest BCUT2D eigenvalue weighted by atomic mass is 35.5. The maximum atomic E-state index is 14.9. The van der Waals surface area contributed by atoms with Crippen LogP contribution in [0.25, 0.3) is 5.69 Å². The number of carboxylic acids is 1. The van der Waals surface area contributed by atoms with E-state index in [1.165, 1.54) is 35.1 Å². The minimum Gasteiger partial charge on any atom is -0.478 e. The summed E-state index contributed by atoms with van der Waals surface area (Å²) in [6, 6.07) is 15.8. The molecule has 0 bridgehead atoms. The molecule has 3 heterocycles. The summed E-state index contributed by atoms with van der Waals surface area (Å²) in [4.78, 5) is 43.8. The molecule has 4 aromatic rings. The number of carboxylic acid groups (broad SMARTS) is 1. The van der Waals surface area contributed by atoms with Crippen LogP contribution in [0.2, 0.25) is 5.02 Å². The molecule has 0 aliphatic carbocycles. The minimum absolute atomic E-state index is 0.00319. The van der Waals surface area contributed by atoms with Crippen LogP contribution in [0.5, 0.6) is 0 Å². The SMILES string of the molecule is COC1CCN(c2cccc3c2CCN(C(=O)c2cnn(-c4cccc(Cl)c4F)c2C)C3C(=O)Cc2ccc(C(=O)O)cc2)CC1. The first-order valence-corrected chi connectivity index (χ1v) is 15.6. The van der Waals surface area contributed by atoms with Gasteiger partial charge in [-0.2, -0.15) is 5.10 Å². The van der Waals surface area contributed by atoms with E-state index in [0.29, 0.717) is 24.2 Å². The Hall–Kier alpha value is -4.54. The van der Waals surface area contributed by atoms with Gasteiger partial charge in [-0.1, -0.05) is 41.9 Å². The summed E-state index contributed by atoms with van der Waals surface area (Å²) in [5.74, 6) is -2.28. The molecule has 0 saturated carbocycles. The summed E-state index contributed by atoms with van der Waals surface area (Å²) in [6.07, 6.45) is 3.97. The fraction of sp³-hybridized carbons (Fsp3) is 0.314. The van der Waals surface area contributed by atoms with Crippen molar-refractivity contribution >= 4 is 34.9 Å². The summed E-state index contributed by atoms with van der Waals surface area (Å²) in [7, 11) is 1.73. The first-order valence-electron chi connectivity index (χ1n) is 15.2. The van der Waals surface area contributed by atoms with Gasteiger partial charge in [0, 0.05) is 38.9 Å². The normalized spacial score (nSPS) is 16.7. The maximum absolute atomic E-state index is 14.9. The number of ketones is 1.